The van der Waals surface area contributed by atoms with Crippen molar-refractivity contribution in [2.45, 2.75) is 33.1 Å². The number of nitrogens with one attached hydrogen (secondary N) is 2. The second-order valence-corrected chi connectivity index (χ2v) is 4.28. The van der Waals surface area contributed by atoms with Gasteiger partial charge < -0.3 is 10.9 Å². The molecule has 0 spiro atoms. The van der Waals surface area contributed by atoms with E-state index < -0.39 is 0 Å². The summed E-state index contributed by atoms with van der Waals surface area (Å²) in [6, 6.07) is 0. The predicted molar refractivity (Wildman–Crippen MR) is 54.6 cm³/mol. The van der Waals surface area contributed by atoms with Crippen LogP contribution in [0, 0.1) is 11.8 Å². The molecule has 1 atom stereocenters. The van der Waals surface area contributed by atoms with E-state index in [1.165, 1.54) is 30.5 Å². The van der Waals surface area contributed by atoms with E-state index in [9.17, 15) is 0 Å². The quantitative estimate of drug-likeness (QED) is 0.644. The molecule has 2 rings (SSSR count). The number of hydrogen-bond donors (Lipinski definition) is 2. The maximum atomic E-state index is 3.30. The molecule has 0 saturated heterocycles. The lowest BCUT2D eigenvalue weighted by molar-refractivity contribution is 0.354. The van der Waals surface area contributed by atoms with Crippen molar-refractivity contribution in [2.75, 3.05) is 0 Å². The van der Waals surface area contributed by atoms with Crippen LogP contribution in [-0.2, 0) is 0 Å². The minimum Gasteiger partial charge on any atom is -0.308 e. The lowest BCUT2D eigenvalue weighted by Gasteiger charge is -2.32. The van der Waals surface area contributed by atoms with Crippen molar-refractivity contribution in [3.8, 4) is 0 Å². The highest BCUT2D eigenvalue weighted by molar-refractivity contribution is 5.30. The van der Waals surface area contributed by atoms with Crippen LogP contribution in [0.2, 0.25) is 0 Å². The largest absolute Gasteiger partial charge is 0.308 e. The Morgan fingerprint density at radius 2 is 2.31 bits per heavy atom. The van der Waals surface area contributed by atoms with Crippen LogP contribution in [0.15, 0.2) is 23.5 Å². The molecule has 1 heterocycles. The van der Waals surface area contributed by atoms with E-state index in [2.05, 4.69) is 30.8 Å². The molecule has 0 bridgehead atoms. The molecule has 1 aliphatic carbocycles. The Morgan fingerprint density at radius 3 is 3.08 bits per heavy atom. The molecule has 1 aliphatic heterocycles. The lowest BCUT2D eigenvalue weighted by atomic mass is 9.80. The van der Waals surface area contributed by atoms with Gasteiger partial charge in [0.05, 0.1) is 0 Å². The molecule has 0 aromatic carbocycles. The summed E-state index contributed by atoms with van der Waals surface area (Å²) in [5.41, 5.74) is 9.31. The molecule has 2 aliphatic rings. The van der Waals surface area contributed by atoms with Crippen LogP contribution < -0.4 is 10.9 Å². The summed E-state index contributed by atoms with van der Waals surface area (Å²) >= 11 is 0. The molecular weight excluding hydrogens is 160 g/mol. The van der Waals surface area contributed by atoms with E-state index in [4.69, 9.17) is 0 Å². The average Bonchev–Trinajstić information content (AvgIpc) is 2.17. The summed E-state index contributed by atoms with van der Waals surface area (Å²) in [4.78, 5) is 0. The molecule has 0 aromatic heterocycles. The van der Waals surface area contributed by atoms with Crippen LogP contribution in [0.3, 0.4) is 0 Å². The maximum absolute atomic E-state index is 3.30. The molecule has 72 valence electrons. The Balaban J connectivity index is 2.25. The fraction of sp³-hybridized carbons (Fsp3) is 0.636. The summed E-state index contributed by atoms with van der Waals surface area (Å²) in [5.74, 6) is 1.47. The van der Waals surface area contributed by atoms with E-state index >= 15 is 0 Å². The second-order valence-electron chi connectivity index (χ2n) is 4.28. The Morgan fingerprint density at radius 1 is 1.46 bits per heavy atom. The number of hydrazine groups is 1. The van der Waals surface area contributed by atoms with Crippen LogP contribution in [0.4, 0.5) is 0 Å². The molecule has 0 saturated carbocycles. The Hall–Kier alpha value is -0.920. The zero-order valence-corrected chi connectivity index (χ0v) is 8.43. The smallest absolute Gasteiger partial charge is 0.0379 e. The summed E-state index contributed by atoms with van der Waals surface area (Å²) in [7, 11) is 0. The van der Waals surface area contributed by atoms with Crippen molar-refractivity contribution >= 4 is 0 Å². The fourth-order valence-electron chi connectivity index (χ4n) is 2.30. The van der Waals surface area contributed by atoms with Crippen molar-refractivity contribution in [1.82, 2.24) is 10.9 Å². The van der Waals surface area contributed by atoms with E-state index in [1.807, 2.05) is 6.20 Å². The normalized spacial score (nSPS) is 26.8. The topological polar surface area (TPSA) is 24.1 Å². The van der Waals surface area contributed by atoms with Gasteiger partial charge in [-0.05, 0) is 36.8 Å². The first kappa shape index (κ1) is 8.67. The summed E-state index contributed by atoms with van der Waals surface area (Å²) in [5, 5.41) is 0. The van der Waals surface area contributed by atoms with Gasteiger partial charge in [-0.3, -0.25) is 0 Å². The fourth-order valence-corrected chi connectivity index (χ4v) is 2.30. The number of rotatable bonds is 1. The zero-order valence-electron chi connectivity index (χ0n) is 8.43. The molecule has 2 N–H and O–H groups in total. The predicted octanol–water partition coefficient (Wildman–Crippen LogP) is 2.32. The van der Waals surface area contributed by atoms with Gasteiger partial charge in [0.2, 0.25) is 0 Å². The van der Waals surface area contributed by atoms with Crippen LogP contribution >= 0.6 is 0 Å². The first-order chi connectivity index (χ1) is 6.29. The minimum absolute atomic E-state index is 0.723. The number of hydrogen-bond acceptors (Lipinski definition) is 2. The van der Waals surface area contributed by atoms with Crippen molar-refractivity contribution in [2.24, 2.45) is 11.8 Å². The molecule has 1 unspecified atom stereocenters. The highest BCUT2D eigenvalue weighted by Crippen LogP contribution is 2.34. The first-order valence-electron chi connectivity index (χ1n) is 5.20. The average molecular weight is 178 g/mol. The standard InChI is InChI=1S/C11H18N2/c1-8(2)10-5-3-4-9-6-7-12-13-11(9)10/h6-8,10,12-13H,3-5H2,1-2H3. The summed E-state index contributed by atoms with van der Waals surface area (Å²) < 4.78 is 0. The van der Waals surface area contributed by atoms with E-state index in [0.717, 1.165) is 11.8 Å². The SMILES string of the molecule is CC(C)C1CCCC2=C1NNC=C2. The van der Waals surface area contributed by atoms with Gasteiger partial charge in [-0.2, -0.15) is 0 Å². The van der Waals surface area contributed by atoms with Gasteiger partial charge in [-0.1, -0.05) is 13.8 Å². The highest BCUT2D eigenvalue weighted by Gasteiger charge is 2.25. The van der Waals surface area contributed by atoms with Crippen LogP contribution in [0.5, 0.6) is 0 Å². The number of allylic oxidation sites excluding steroid dienone is 3. The minimum atomic E-state index is 0.723. The summed E-state index contributed by atoms with van der Waals surface area (Å²) in [6.07, 6.45) is 8.11. The van der Waals surface area contributed by atoms with Gasteiger partial charge in [0.25, 0.3) is 0 Å². The molecule has 0 amide bonds. The van der Waals surface area contributed by atoms with Crippen LogP contribution in [0.1, 0.15) is 33.1 Å². The third-order valence-electron chi connectivity index (χ3n) is 3.06. The van der Waals surface area contributed by atoms with Crippen molar-refractivity contribution < 1.29 is 0 Å². The molecule has 13 heavy (non-hydrogen) atoms. The summed E-state index contributed by atoms with van der Waals surface area (Å²) in [6.45, 7) is 4.61. The third kappa shape index (κ3) is 1.58. The Bertz CT molecular complexity index is 251. The van der Waals surface area contributed by atoms with E-state index in [-0.39, 0.29) is 0 Å². The van der Waals surface area contributed by atoms with Gasteiger partial charge in [-0.15, -0.1) is 0 Å². The second kappa shape index (κ2) is 3.44. The Kier molecular flexibility index (Phi) is 2.30. The molecule has 2 heteroatoms. The van der Waals surface area contributed by atoms with Gasteiger partial charge in [0.1, 0.15) is 0 Å². The first-order valence-corrected chi connectivity index (χ1v) is 5.20. The molecule has 0 radical (unpaired) electrons. The molecule has 0 fully saturated rings. The van der Waals surface area contributed by atoms with Crippen LogP contribution in [0.25, 0.3) is 0 Å². The van der Waals surface area contributed by atoms with Crippen molar-refractivity contribution in [1.29, 1.82) is 0 Å². The van der Waals surface area contributed by atoms with Gasteiger partial charge in [-0.25, -0.2) is 0 Å². The van der Waals surface area contributed by atoms with Gasteiger partial charge in [0, 0.05) is 17.8 Å². The Labute approximate surface area is 80.1 Å². The maximum Gasteiger partial charge on any atom is 0.0379 e. The lowest BCUT2D eigenvalue weighted by Crippen LogP contribution is -2.36. The van der Waals surface area contributed by atoms with Crippen molar-refractivity contribution in [3.05, 3.63) is 23.5 Å². The third-order valence-corrected chi connectivity index (χ3v) is 3.06. The zero-order chi connectivity index (χ0) is 9.26. The van der Waals surface area contributed by atoms with Gasteiger partial charge in [0.15, 0.2) is 0 Å². The van der Waals surface area contributed by atoms with E-state index in [0.29, 0.717) is 0 Å². The monoisotopic (exact) mass is 178 g/mol. The van der Waals surface area contributed by atoms with Gasteiger partial charge >= 0.3 is 0 Å². The van der Waals surface area contributed by atoms with Crippen molar-refractivity contribution in [3.63, 3.8) is 0 Å². The molecular formula is C11H18N2. The van der Waals surface area contributed by atoms with E-state index in [1.54, 1.807) is 0 Å². The van der Waals surface area contributed by atoms with Crippen LogP contribution in [-0.4, -0.2) is 0 Å². The molecule has 2 nitrogen and oxygen atoms in total. The molecule has 0 aromatic rings. The highest BCUT2D eigenvalue weighted by atomic mass is 15.4.